The summed E-state index contributed by atoms with van der Waals surface area (Å²) in [6.45, 7) is 1.90. The van der Waals surface area contributed by atoms with E-state index in [9.17, 15) is 4.79 Å². The van der Waals surface area contributed by atoms with Crippen molar-refractivity contribution in [2.75, 3.05) is 42.7 Å². The third-order valence-corrected chi connectivity index (χ3v) is 5.76. The van der Waals surface area contributed by atoms with E-state index in [0.717, 1.165) is 35.9 Å². The Morgan fingerprint density at radius 1 is 1.14 bits per heavy atom. The van der Waals surface area contributed by atoms with Crippen molar-refractivity contribution in [2.45, 2.75) is 12.5 Å². The summed E-state index contributed by atoms with van der Waals surface area (Å²) in [5.74, 6) is 1.89. The van der Waals surface area contributed by atoms with E-state index in [1.54, 1.807) is 18.5 Å². The first-order valence-corrected chi connectivity index (χ1v) is 10.3. The van der Waals surface area contributed by atoms with Crippen molar-refractivity contribution in [1.82, 2.24) is 19.9 Å². The van der Waals surface area contributed by atoms with Crippen LogP contribution in [0.5, 0.6) is 0 Å². The molecule has 0 radical (unpaired) electrons. The summed E-state index contributed by atoms with van der Waals surface area (Å²) in [7, 11) is 4.20. The minimum atomic E-state index is -0.367. The van der Waals surface area contributed by atoms with Gasteiger partial charge < -0.3 is 9.80 Å². The Bertz CT molecular complexity index is 976. The number of aromatic nitrogens is 3. The van der Waals surface area contributed by atoms with E-state index >= 15 is 0 Å². The third-order valence-electron chi connectivity index (χ3n) is 4.87. The van der Waals surface area contributed by atoms with Crippen molar-refractivity contribution < 1.29 is 4.79 Å². The van der Waals surface area contributed by atoms with Crippen LogP contribution >= 0.6 is 11.3 Å². The lowest BCUT2D eigenvalue weighted by molar-refractivity contribution is 0.262. The molecule has 1 aliphatic rings. The summed E-state index contributed by atoms with van der Waals surface area (Å²) in [5, 5.41) is 8.20. The van der Waals surface area contributed by atoms with Crippen molar-refractivity contribution >= 4 is 34.8 Å². The summed E-state index contributed by atoms with van der Waals surface area (Å²) in [6, 6.07) is 9.60. The van der Waals surface area contributed by atoms with Gasteiger partial charge in [0.25, 0.3) is 0 Å². The Balaban J connectivity index is 1.37. The average molecular weight is 410 g/mol. The quantitative estimate of drug-likeness (QED) is 0.672. The van der Waals surface area contributed by atoms with Gasteiger partial charge in [0, 0.05) is 42.5 Å². The van der Waals surface area contributed by atoms with Crippen LogP contribution in [0, 0.1) is 0 Å². The molecule has 1 atom stereocenters. The number of anilines is 3. The fraction of sp³-hybridized carbons (Fsp3) is 0.300. The zero-order valence-corrected chi connectivity index (χ0v) is 17.2. The molecule has 1 fully saturated rings. The number of nitrogens with one attached hydrogen (secondary N) is 2. The standard InChI is InChI=1S/C20H23N7OS/c1-26(2)15-8-11-27(12-15)18-5-3-4-16(22-18)24-20(28)25-17-13-29-19(23-17)14-6-9-21-10-7-14/h3-7,9-10,13,15H,8,11-12H2,1-2H3,(H2,22,24,25,28)/t15-/m0/s1. The molecule has 29 heavy (non-hydrogen) atoms. The zero-order chi connectivity index (χ0) is 20.2. The lowest BCUT2D eigenvalue weighted by Gasteiger charge is -2.21. The second kappa shape index (κ2) is 8.54. The molecule has 0 aliphatic carbocycles. The fourth-order valence-corrected chi connectivity index (χ4v) is 4.02. The van der Waals surface area contributed by atoms with E-state index in [4.69, 9.17) is 0 Å². The Morgan fingerprint density at radius 3 is 2.69 bits per heavy atom. The number of pyridine rings is 2. The number of nitrogens with zero attached hydrogens (tertiary/aromatic N) is 5. The zero-order valence-electron chi connectivity index (χ0n) is 16.4. The summed E-state index contributed by atoms with van der Waals surface area (Å²) in [6.07, 6.45) is 4.54. The number of carbonyl (C=O) groups excluding carboxylic acids is 1. The maximum Gasteiger partial charge on any atom is 0.326 e. The van der Waals surface area contributed by atoms with Crippen LogP contribution in [0.4, 0.5) is 22.2 Å². The van der Waals surface area contributed by atoms with Gasteiger partial charge in [0.15, 0.2) is 0 Å². The first-order valence-electron chi connectivity index (χ1n) is 9.41. The summed E-state index contributed by atoms with van der Waals surface area (Å²) >= 11 is 1.46. The SMILES string of the molecule is CN(C)[C@H]1CCN(c2cccc(NC(=O)Nc3csc(-c4ccncc4)n3)n2)C1. The highest BCUT2D eigenvalue weighted by Crippen LogP contribution is 2.25. The Morgan fingerprint density at radius 2 is 1.93 bits per heavy atom. The van der Waals surface area contributed by atoms with Crippen molar-refractivity contribution in [3.05, 3.63) is 48.1 Å². The van der Waals surface area contributed by atoms with E-state index in [-0.39, 0.29) is 6.03 Å². The molecule has 2 amide bonds. The Kier molecular flexibility index (Phi) is 5.68. The predicted octanol–water partition coefficient (Wildman–Crippen LogP) is 3.38. The lowest BCUT2D eigenvalue weighted by Crippen LogP contribution is -2.31. The molecule has 0 bridgehead atoms. The van der Waals surface area contributed by atoms with Crippen molar-refractivity contribution in [3.8, 4) is 10.6 Å². The minimum absolute atomic E-state index is 0.367. The van der Waals surface area contributed by atoms with Crippen LogP contribution < -0.4 is 15.5 Å². The first kappa shape index (κ1) is 19.3. The molecule has 0 spiro atoms. The maximum absolute atomic E-state index is 12.4. The van der Waals surface area contributed by atoms with Crippen LogP contribution in [0.15, 0.2) is 48.1 Å². The molecule has 150 valence electrons. The number of rotatable bonds is 5. The van der Waals surface area contributed by atoms with Gasteiger partial charge in [0.1, 0.15) is 22.5 Å². The van der Waals surface area contributed by atoms with Crippen LogP contribution in [0.25, 0.3) is 10.6 Å². The maximum atomic E-state index is 12.4. The van der Waals surface area contributed by atoms with E-state index in [0.29, 0.717) is 17.7 Å². The molecule has 1 saturated heterocycles. The number of urea groups is 1. The van der Waals surface area contributed by atoms with Crippen LogP contribution in [0.1, 0.15) is 6.42 Å². The topological polar surface area (TPSA) is 86.3 Å². The first-order chi connectivity index (χ1) is 14.1. The van der Waals surface area contributed by atoms with Gasteiger partial charge in [-0.1, -0.05) is 6.07 Å². The summed E-state index contributed by atoms with van der Waals surface area (Å²) in [5.41, 5.74) is 0.967. The smallest absolute Gasteiger partial charge is 0.326 e. The minimum Gasteiger partial charge on any atom is -0.355 e. The molecule has 3 aromatic heterocycles. The number of likely N-dealkylation sites (N-methyl/N-ethyl adjacent to an activating group) is 1. The van der Waals surface area contributed by atoms with E-state index in [2.05, 4.69) is 49.5 Å². The molecule has 2 N–H and O–H groups in total. The molecule has 0 aromatic carbocycles. The molecular weight excluding hydrogens is 386 g/mol. The molecule has 0 saturated carbocycles. The average Bonchev–Trinajstić information content (AvgIpc) is 3.39. The molecule has 1 aliphatic heterocycles. The lowest BCUT2D eigenvalue weighted by atomic mass is 10.2. The van der Waals surface area contributed by atoms with Gasteiger partial charge in [0.05, 0.1) is 0 Å². The Hall–Kier alpha value is -3.04. The van der Waals surface area contributed by atoms with Crippen molar-refractivity contribution in [2.24, 2.45) is 0 Å². The van der Waals surface area contributed by atoms with Gasteiger partial charge in [0.2, 0.25) is 0 Å². The van der Waals surface area contributed by atoms with Crippen LogP contribution in [0.3, 0.4) is 0 Å². The normalized spacial score (nSPS) is 16.2. The molecule has 3 aromatic rings. The number of hydrogen-bond acceptors (Lipinski definition) is 7. The van der Waals surface area contributed by atoms with Crippen LogP contribution in [-0.2, 0) is 0 Å². The number of amides is 2. The molecule has 8 nitrogen and oxygen atoms in total. The Labute approximate surface area is 173 Å². The second-order valence-corrected chi connectivity index (χ2v) is 7.94. The number of carbonyl (C=O) groups is 1. The van der Waals surface area contributed by atoms with Gasteiger partial charge >= 0.3 is 6.03 Å². The highest BCUT2D eigenvalue weighted by Gasteiger charge is 2.25. The van der Waals surface area contributed by atoms with Gasteiger partial charge in [-0.05, 0) is 44.8 Å². The van der Waals surface area contributed by atoms with E-state index in [1.807, 2.05) is 29.6 Å². The van der Waals surface area contributed by atoms with E-state index in [1.165, 1.54) is 11.3 Å². The van der Waals surface area contributed by atoms with Crippen molar-refractivity contribution in [1.29, 1.82) is 0 Å². The van der Waals surface area contributed by atoms with E-state index < -0.39 is 0 Å². The molecule has 0 unspecified atom stereocenters. The van der Waals surface area contributed by atoms with Crippen LogP contribution in [-0.4, -0.2) is 59.1 Å². The highest BCUT2D eigenvalue weighted by atomic mass is 32.1. The third kappa shape index (κ3) is 4.69. The molecule has 4 rings (SSSR count). The van der Waals surface area contributed by atoms with Gasteiger partial charge in [-0.2, -0.15) is 0 Å². The highest BCUT2D eigenvalue weighted by molar-refractivity contribution is 7.13. The van der Waals surface area contributed by atoms with Crippen molar-refractivity contribution in [3.63, 3.8) is 0 Å². The fourth-order valence-electron chi connectivity index (χ4n) is 3.26. The predicted molar refractivity (Wildman–Crippen MR) is 117 cm³/mol. The number of thiazole rings is 1. The molecule has 4 heterocycles. The summed E-state index contributed by atoms with van der Waals surface area (Å²) in [4.78, 5) is 29.9. The summed E-state index contributed by atoms with van der Waals surface area (Å²) < 4.78 is 0. The molecule has 9 heteroatoms. The van der Waals surface area contributed by atoms with Gasteiger partial charge in [-0.15, -0.1) is 11.3 Å². The van der Waals surface area contributed by atoms with Gasteiger partial charge in [-0.25, -0.2) is 14.8 Å². The largest absolute Gasteiger partial charge is 0.355 e. The monoisotopic (exact) mass is 409 g/mol. The van der Waals surface area contributed by atoms with Gasteiger partial charge in [-0.3, -0.25) is 15.6 Å². The molecular formula is C20H23N7OS. The number of hydrogen-bond donors (Lipinski definition) is 2. The second-order valence-electron chi connectivity index (χ2n) is 7.09. The van der Waals surface area contributed by atoms with Crippen LogP contribution in [0.2, 0.25) is 0 Å².